The molecule has 214 valence electrons. The molecule has 0 amide bonds. The van der Waals surface area contributed by atoms with Gasteiger partial charge in [-0.25, -0.2) is 0 Å². The van der Waals surface area contributed by atoms with Crippen LogP contribution in [0.5, 0.6) is 0 Å². The van der Waals surface area contributed by atoms with Crippen LogP contribution in [0.3, 0.4) is 0 Å². The first kappa shape index (κ1) is 31.7. The first-order valence-electron chi connectivity index (χ1n) is 13.0. The maximum absolute atomic E-state index is 10.6. The second-order valence-corrected chi connectivity index (χ2v) is 9.42. The highest BCUT2D eigenvalue weighted by Crippen LogP contribution is 2.29. The summed E-state index contributed by atoms with van der Waals surface area (Å²) in [7, 11) is 1.42. The third-order valence-electron chi connectivity index (χ3n) is 6.62. The number of hydrogen-bond acceptors (Lipinski definition) is 13. The molecule has 0 aliphatic carbocycles. The molecule has 0 radical (unpaired) electrons. The normalized spacial score (nSPS) is 37.3. The highest BCUT2D eigenvalue weighted by atomic mass is 16.7. The molecule has 0 aromatic heterocycles. The minimum Gasteiger partial charge on any atom is -0.394 e. The Morgan fingerprint density at radius 1 is 0.750 bits per heavy atom. The van der Waals surface area contributed by atoms with Crippen molar-refractivity contribution in [3.8, 4) is 0 Å². The molecule has 10 N–H and O–H groups in total. The van der Waals surface area contributed by atoms with Crippen LogP contribution in [0.1, 0.15) is 26.2 Å². The Morgan fingerprint density at radius 2 is 1.33 bits per heavy atom. The van der Waals surface area contributed by atoms with Gasteiger partial charge in [-0.2, -0.15) is 0 Å². The lowest BCUT2D eigenvalue weighted by Crippen LogP contribution is -2.64. The summed E-state index contributed by atoms with van der Waals surface area (Å²) < 4.78 is 22.5. The standard InChI is InChI=1S/C23H48N4O9/c1-14-17(29)18(30)22(16(13-28)34-14)36-23-20(32)19(31)21(33-2)15(35-23)12-27-11-5-10-26-9-4-8-25-7-3-6-24/h14-23,25-32H,3-13,24H2,1-2H3/t14-,15-,16-,17+,18-,19-,20-,21-,22?,23-/m1/s1. The lowest BCUT2D eigenvalue weighted by molar-refractivity contribution is -0.339. The van der Waals surface area contributed by atoms with Crippen LogP contribution < -0.4 is 21.7 Å². The Hall–Kier alpha value is -0.520. The van der Waals surface area contributed by atoms with Gasteiger partial charge in [-0.15, -0.1) is 0 Å². The zero-order chi connectivity index (χ0) is 26.5. The van der Waals surface area contributed by atoms with Crippen LogP contribution in [0.15, 0.2) is 0 Å². The molecule has 13 heteroatoms. The lowest BCUT2D eigenvalue weighted by atomic mass is 9.95. The van der Waals surface area contributed by atoms with Crippen molar-refractivity contribution >= 4 is 0 Å². The van der Waals surface area contributed by atoms with Crippen molar-refractivity contribution in [2.24, 2.45) is 5.73 Å². The molecule has 2 fully saturated rings. The Balaban J connectivity index is 1.77. The topological polar surface area (TPSA) is 200 Å². The van der Waals surface area contributed by atoms with Crippen LogP contribution in [0.2, 0.25) is 0 Å². The summed E-state index contributed by atoms with van der Waals surface area (Å²) in [6, 6.07) is 0. The van der Waals surface area contributed by atoms with Crippen LogP contribution in [-0.4, -0.2) is 146 Å². The molecule has 0 aromatic rings. The maximum Gasteiger partial charge on any atom is 0.187 e. The zero-order valence-corrected chi connectivity index (χ0v) is 21.5. The van der Waals surface area contributed by atoms with Gasteiger partial charge in [0.25, 0.3) is 0 Å². The van der Waals surface area contributed by atoms with E-state index in [-0.39, 0.29) is 0 Å². The van der Waals surface area contributed by atoms with Gasteiger partial charge in [0.05, 0.1) is 12.7 Å². The fourth-order valence-corrected chi connectivity index (χ4v) is 4.47. The zero-order valence-electron chi connectivity index (χ0n) is 21.5. The molecule has 2 aliphatic heterocycles. The minimum atomic E-state index is -1.47. The van der Waals surface area contributed by atoms with Crippen molar-refractivity contribution in [2.45, 2.75) is 87.4 Å². The van der Waals surface area contributed by atoms with Gasteiger partial charge in [-0.3, -0.25) is 0 Å². The molecule has 0 spiro atoms. The molecule has 36 heavy (non-hydrogen) atoms. The Kier molecular flexibility index (Phi) is 15.1. The quantitative estimate of drug-likeness (QED) is 0.0841. The van der Waals surface area contributed by atoms with Gasteiger partial charge < -0.3 is 66.2 Å². The van der Waals surface area contributed by atoms with Gasteiger partial charge in [0.15, 0.2) is 6.29 Å². The number of methoxy groups -OCH3 is 1. The highest BCUT2D eigenvalue weighted by molar-refractivity contribution is 4.95. The summed E-state index contributed by atoms with van der Waals surface area (Å²) in [5.41, 5.74) is 5.46. The maximum atomic E-state index is 10.6. The highest BCUT2D eigenvalue weighted by Gasteiger charge is 2.50. The summed E-state index contributed by atoms with van der Waals surface area (Å²) in [5, 5.41) is 61.4. The SMILES string of the molecule is CO[C@H]1[C@H](O)[C@@H](O)[C@@H](OC2[C@@H](CO)O[C@H](C)[C@H](O)[C@H]2O)O[C@@H]1CNCCCNCCCNCCCN. The molecule has 10 atom stereocenters. The average molecular weight is 525 g/mol. The van der Waals surface area contributed by atoms with E-state index in [1.54, 1.807) is 6.92 Å². The summed E-state index contributed by atoms with van der Waals surface area (Å²) in [6.45, 7) is 6.53. The molecule has 2 rings (SSSR count). The Bertz CT molecular complexity index is 580. The summed E-state index contributed by atoms with van der Waals surface area (Å²) >= 11 is 0. The van der Waals surface area contributed by atoms with E-state index in [0.717, 1.165) is 45.4 Å². The van der Waals surface area contributed by atoms with E-state index in [1.807, 2.05) is 0 Å². The first-order chi connectivity index (χ1) is 17.3. The van der Waals surface area contributed by atoms with Crippen LogP contribution in [0.4, 0.5) is 0 Å². The summed E-state index contributed by atoms with van der Waals surface area (Å²) in [6.07, 6.45) is -8.06. The molecular weight excluding hydrogens is 476 g/mol. The van der Waals surface area contributed by atoms with Crippen molar-refractivity contribution in [3.05, 3.63) is 0 Å². The molecule has 2 saturated heterocycles. The summed E-state index contributed by atoms with van der Waals surface area (Å²) in [4.78, 5) is 0. The van der Waals surface area contributed by atoms with E-state index in [4.69, 9.17) is 24.7 Å². The third-order valence-corrected chi connectivity index (χ3v) is 6.62. The van der Waals surface area contributed by atoms with Crippen LogP contribution >= 0.6 is 0 Å². The van der Waals surface area contributed by atoms with Gasteiger partial charge in [-0.1, -0.05) is 0 Å². The number of hydrogen-bond donors (Lipinski definition) is 9. The minimum absolute atomic E-state index is 0.333. The van der Waals surface area contributed by atoms with E-state index in [9.17, 15) is 25.5 Å². The smallest absolute Gasteiger partial charge is 0.187 e. The lowest BCUT2D eigenvalue weighted by Gasteiger charge is -2.46. The van der Waals surface area contributed by atoms with Crippen LogP contribution in [0, 0.1) is 0 Å². The van der Waals surface area contributed by atoms with E-state index < -0.39 is 67.8 Å². The molecule has 0 saturated carbocycles. The Morgan fingerprint density at radius 3 is 1.92 bits per heavy atom. The van der Waals surface area contributed by atoms with Crippen molar-refractivity contribution in [3.63, 3.8) is 0 Å². The number of rotatable bonds is 17. The number of nitrogens with two attached hydrogens (primary N) is 1. The van der Waals surface area contributed by atoms with Gasteiger partial charge >= 0.3 is 0 Å². The van der Waals surface area contributed by atoms with Crippen molar-refractivity contribution in [2.75, 3.05) is 59.5 Å². The number of aliphatic hydroxyl groups excluding tert-OH is 5. The molecule has 2 heterocycles. The van der Waals surface area contributed by atoms with E-state index >= 15 is 0 Å². The molecule has 13 nitrogen and oxygen atoms in total. The van der Waals surface area contributed by atoms with Gasteiger partial charge in [0, 0.05) is 13.7 Å². The van der Waals surface area contributed by atoms with E-state index in [1.165, 1.54) is 7.11 Å². The van der Waals surface area contributed by atoms with Crippen molar-refractivity contribution in [1.29, 1.82) is 0 Å². The number of nitrogens with one attached hydrogen (secondary N) is 3. The third kappa shape index (κ3) is 9.34. The predicted molar refractivity (Wildman–Crippen MR) is 131 cm³/mol. The van der Waals surface area contributed by atoms with Gasteiger partial charge in [0.2, 0.25) is 0 Å². The van der Waals surface area contributed by atoms with Crippen molar-refractivity contribution < 1.29 is 44.5 Å². The van der Waals surface area contributed by atoms with Crippen LogP contribution in [0.25, 0.3) is 0 Å². The Labute approximate surface area is 213 Å². The first-order valence-corrected chi connectivity index (χ1v) is 13.0. The number of aliphatic hydroxyl groups is 5. The number of ether oxygens (including phenoxy) is 4. The second-order valence-electron chi connectivity index (χ2n) is 9.42. The van der Waals surface area contributed by atoms with Gasteiger partial charge in [-0.05, 0) is 65.5 Å². The molecule has 0 aromatic carbocycles. The largest absolute Gasteiger partial charge is 0.394 e. The monoisotopic (exact) mass is 524 g/mol. The average Bonchev–Trinajstić information content (AvgIpc) is 2.87. The predicted octanol–water partition coefficient (Wildman–Crippen LogP) is -3.77. The molecule has 1 unspecified atom stereocenters. The molecule has 0 bridgehead atoms. The fourth-order valence-electron chi connectivity index (χ4n) is 4.47. The molecular formula is C23H48N4O9. The fraction of sp³-hybridized carbons (Fsp3) is 1.00. The second kappa shape index (κ2) is 17.1. The van der Waals surface area contributed by atoms with Crippen LogP contribution in [-0.2, 0) is 18.9 Å². The van der Waals surface area contributed by atoms with E-state index in [0.29, 0.717) is 19.6 Å². The molecule has 2 aliphatic rings. The van der Waals surface area contributed by atoms with Crippen molar-refractivity contribution in [1.82, 2.24) is 16.0 Å². The summed E-state index contributed by atoms with van der Waals surface area (Å²) in [5.74, 6) is 0. The van der Waals surface area contributed by atoms with Gasteiger partial charge in [0.1, 0.15) is 48.8 Å². The van der Waals surface area contributed by atoms with E-state index in [2.05, 4.69) is 16.0 Å².